The third-order valence-corrected chi connectivity index (χ3v) is 3.58. The number of hydrogen-bond acceptors (Lipinski definition) is 2. The van der Waals surface area contributed by atoms with Crippen LogP contribution in [0.1, 0.15) is 50.9 Å². The van der Waals surface area contributed by atoms with Gasteiger partial charge in [-0.15, -0.1) is 0 Å². The van der Waals surface area contributed by atoms with Gasteiger partial charge in [0.2, 0.25) is 0 Å². The van der Waals surface area contributed by atoms with Crippen LogP contribution in [-0.4, -0.2) is 9.97 Å². The number of imidazole rings is 1. The molecule has 0 saturated heterocycles. The lowest BCUT2D eigenvalue weighted by molar-refractivity contribution is 0.566. The molecule has 0 aliphatic rings. The van der Waals surface area contributed by atoms with Gasteiger partial charge in [-0.1, -0.05) is 52.0 Å². The molecule has 3 heteroatoms. The quantitative estimate of drug-likeness (QED) is 0.889. The number of benzene rings is 1. The van der Waals surface area contributed by atoms with Gasteiger partial charge in [0.25, 0.3) is 0 Å². The van der Waals surface area contributed by atoms with E-state index in [0.717, 1.165) is 17.1 Å². The van der Waals surface area contributed by atoms with E-state index in [2.05, 4.69) is 54.2 Å². The lowest BCUT2D eigenvalue weighted by Gasteiger charge is -2.09. The Morgan fingerprint density at radius 1 is 1.10 bits per heavy atom. The van der Waals surface area contributed by atoms with Gasteiger partial charge in [0.1, 0.15) is 11.7 Å². The van der Waals surface area contributed by atoms with Crippen molar-refractivity contribution in [2.75, 3.05) is 0 Å². The van der Waals surface area contributed by atoms with E-state index in [1.54, 1.807) is 0 Å². The lowest BCUT2D eigenvalue weighted by Crippen LogP contribution is -2.05. The number of nitriles is 1. The van der Waals surface area contributed by atoms with Crippen LogP contribution in [0.2, 0.25) is 0 Å². The molecule has 1 aromatic carbocycles. The van der Waals surface area contributed by atoms with Crippen LogP contribution in [0.3, 0.4) is 0 Å². The van der Waals surface area contributed by atoms with Gasteiger partial charge in [-0.2, -0.15) is 5.26 Å². The minimum atomic E-state index is -0.182. The fourth-order valence-corrected chi connectivity index (χ4v) is 2.21. The Morgan fingerprint density at radius 3 is 2.25 bits per heavy atom. The first-order valence-electron chi connectivity index (χ1n) is 7.07. The molecule has 1 atom stereocenters. The van der Waals surface area contributed by atoms with E-state index in [-0.39, 0.29) is 11.8 Å². The van der Waals surface area contributed by atoms with Gasteiger partial charge in [0.15, 0.2) is 0 Å². The first kappa shape index (κ1) is 14.3. The second-order valence-corrected chi connectivity index (χ2v) is 5.81. The Balaban J connectivity index is 2.27. The Hall–Kier alpha value is -2.08. The van der Waals surface area contributed by atoms with Crippen molar-refractivity contribution in [2.45, 2.75) is 39.5 Å². The van der Waals surface area contributed by atoms with Crippen LogP contribution in [0.25, 0.3) is 11.3 Å². The average Bonchev–Trinajstić information content (AvgIpc) is 2.88. The van der Waals surface area contributed by atoms with Crippen LogP contribution in [0.4, 0.5) is 0 Å². The summed E-state index contributed by atoms with van der Waals surface area (Å²) in [5.74, 6) is 1.36. The van der Waals surface area contributed by atoms with Gasteiger partial charge in [-0.3, -0.25) is 0 Å². The molecule has 0 radical (unpaired) electrons. The highest BCUT2D eigenvalue weighted by molar-refractivity contribution is 5.59. The van der Waals surface area contributed by atoms with E-state index in [1.807, 2.05) is 20.0 Å². The molecule has 20 heavy (non-hydrogen) atoms. The lowest BCUT2D eigenvalue weighted by atomic mass is 9.97. The number of rotatable bonds is 4. The maximum atomic E-state index is 9.22. The molecule has 0 saturated carbocycles. The predicted molar refractivity (Wildman–Crippen MR) is 81.3 cm³/mol. The van der Waals surface area contributed by atoms with Gasteiger partial charge in [-0.05, 0) is 23.0 Å². The summed E-state index contributed by atoms with van der Waals surface area (Å²) >= 11 is 0. The fourth-order valence-electron chi connectivity index (χ4n) is 2.21. The summed E-state index contributed by atoms with van der Waals surface area (Å²) in [4.78, 5) is 7.64. The number of hydrogen-bond donors (Lipinski definition) is 1. The molecule has 1 N–H and O–H groups in total. The van der Waals surface area contributed by atoms with Gasteiger partial charge < -0.3 is 4.98 Å². The third kappa shape index (κ3) is 2.91. The van der Waals surface area contributed by atoms with Crippen molar-refractivity contribution in [3.63, 3.8) is 0 Å². The summed E-state index contributed by atoms with van der Waals surface area (Å²) in [7, 11) is 0. The van der Waals surface area contributed by atoms with Crippen molar-refractivity contribution in [2.24, 2.45) is 5.92 Å². The minimum Gasteiger partial charge on any atom is -0.341 e. The predicted octanol–water partition coefficient (Wildman–Crippen LogP) is 4.46. The van der Waals surface area contributed by atoms with E-state index < -0.39 is 0 Å². The standard InChI is InChI=1S/C17H21N3/c1-11(2)13-5-7-14(8-6-13)16-10-19-17(20-16)15(9-18)12(3)4/h5-8,10-12,15H,1-4H3,(H,19,20). The SMILES string of the molecule is CC(C)c1ccc(-c2cnc(C(C#N)C(C)C)[nH]2)cc1. The first-order chi connectivity index (χ1) is 9.52. The zero-order valence-electron chi connectivity index (χ0n) is 12.5. The zero-order valence-corrected chi connectivity index (χ0v) is 12.5. The number of nitrogens with one attached hydrogen (secondary N) is 1. The number of aromatic nitrogens is 2. The van der Waals surface area contributed by atoms with Crippen molar-refractivity contribution in [3.8, 4) is 17.3 Å². The van der Waals surface area contributed by atoms with Gasteiger partial charge in [0, 0.05) is 0 Å². The molecule has 2 aromatic rings. The third-order valence-electron chi connectivity index (χ3n) is 3.58. The van der Waals surface area contributed by atoms with E-state index in [1.165, 1.54) is 5.56 Å². The first-order valence-corrected chi connectivity index (χ1v) is 7.07. The molecule has 0 aliphatic heterocycles. The largest absolute Gasteiger partial charge is 0.341 e. The Morgan fingerprint density at radius 2 is 1.75 bits per heavy atom. The van der Waals surface area contributed by atoms with Crippen LogP contribution in [-0.2, 0) is 0 Å². The number of nitrogens with zero attached hydrogens (tertiary/aromatic N) is 2. The Bertz CT molecular complexity index is 600. The monoisotopic (exact) mass is 267 g/mol. The highest BCUT2D eigenvalue weighted by Gasteiger charge is 2.18. The number of H-pyrrole nitrogens is 1. The van der Waals surface area contributed by atoms with Gasteiger partial charge in [-0.25, -0.2) is 4.98 Å². The fraction of sp³-hybridized carbons (Fsp3) is 0.412. The summed E-state index contributed by atoms with van der Waals surface area (Å²) in [6.07, 6.45) is 1.81. The van der Waals surface area contributed by atoms with Crippen molar-refractivity contribution in [3.05, 3.63) is 41.9 Å². The molecule has 1 unspecified atom stereocenters. The van der Waals surface area contributed by atoms with Gasteiger partial charge >= 0.3 is 0 Å². The van der Waals surface area contributed by atoms with E-state index >= 15 is 0 Å². The Kier molecular flexibility index (Phi) is 4.24. The highest BCUT2D eigenvalue weighted by Crippen LogP contribution is 2.25. The second kappa shape index (κ2) is 5.92. The highest BCUT2D eigenvalue weighted by atomic mass is 14.9. The zero-order chi connectivity index (χ0) is 14.7. The summed E-state index contributed by atoms with van der Waals surface area (Å²) in [5, 5.41) is 9.22. The molecule has 1 aromatic heterocycles. The molecule has 104 valence electrons. The van der Waals surface area contributed by atoms with Gasteiger partial charge in [0.05, 0.1) is 18.0 Å². The molecular weight excluding hydrogens is 246 g/mol. The van der Waals surface area contributed by atoms with Crippen molar-refractivity contribution < 1.29 is 0 Å². The maximum absolute atomic E-state index is 9.22. The molecule has 0 amide bonds. The van der Waals surface area contributed by atoms with Crippen LogP contribution in [0.5, 0.6) is 0 Å². The van der Waals surface area contributed by atoms with Crippen molar-refractivity contribution in [1.29, 1.82) is 5.26 Å². The summed E-state index contributed by atoms with van der Waals surface area (Å²) in [6, 6.07) is 10.8. The normalized spacial score (nSPS) is 12.7. The van der Waals surface area contributed by atoms with Crippen LogP contribution < -0.4 is 0 Å². The minimum absolute atomic E-state index is 0.182. The molecule has 0 bridgehead atoms. The summed E-state index contributed by atoms with van der Waals surface area (Å²) in [6.45, 7) is 8.44. The van der Waals surface area contributed by atoms with Crippen LogP contribution >= 0.6 is 0 Å². The molecule has 2 rings (SSSR count). The summed E-state index contributed by atoms with van der Waals surface area (Å²) in [5.41, 5.74) is 3.40. The van der Waals surface area contributed by atoms with Crippen molar-refractivity contribution >= 4 is 0 Å². The van der Waals surface area contributed by atoms with Crippen molar-refractivity contribution in [1.82, 2.24) is 9.97 Å². The number of aromatic amines is 1. The topological polar surface area (TPSA) is 52.5 Å². The molecule has 0 spiro atoms. The van der Waals surface area contributed by atoms with E-state index in [9.17, 15) is 5.26 Å². The molecule has 0 aliphatic carbocycles. The van der Waals surface area contributed by atoms with E-state index in [4.69, 9.17) is 0 Å². The van der Waals surface area contributed by atoms with Crippen LogP contribution in [0.15, 0.2) is 30.5 Å². The average molecular weight is 267 g/mol. The van der Waals surface area contributed by atoms with Crippen LogP contribution in [0, 0.1) is 17.2 Å². The Labute approximate surface area is 120 Å². The molecule has 0 fully saturated rings. The summed E-state index contributed by atoms with van der Waals surface area (Å²) < 4.78 is 0. The second-order valence-electron chi connectivity index (χ2n) is 5.81. The molecule has 3 nitrogen and oxygen atoms in total. The van der Waals surface area contributed by atoms with E-state index in [0.29, 0.717) is 5.92 Å². The molecule has 1 heterocycles. The maximum Gasteiger partial charge on any atom is 0.124 e. The smallest absolute Gasteiger partial charge is 0.124 e. The molecular formula is C17H21N3.